The van der Waals surface area contributed by atoms with Gasteiger partial charge in [-0.15, -0.1) is 0 Å². The van der Waals surface area contributed by atoms with Gasteiger partial charge in [-0.3, -0.25) is 0 Å². The maximum absolute atomic E-state index is 5.90. The molecule has 96 valence electrons. The monoisotopic (exact) mass is 317 g/mol. The number of nitrogens with zero attached hydrogens (tertiary/aromatic N) is 2. The summed E-state index contributed by atoms with van der Waals surface area (Å²) in [6.07, 6.45) is 3.99. The van der Waals surface area contributed by atoms with Gasteiger partial charge in [-0.05, 0) is 53.0 Å². The number of fused-ring (bicyclic) bond motifs is 1. The molecular formula is C15H14BrN2O+. The zero-order valence-electron chi connectivity index (χ0n) is 11.1. The highest BCUT2D eigenvalue weighted by molar-refractivity contribution is 9.10. The second-order valence-electron chi connectivity index (χ2n) is 4.86. The Morgan fingerprint density at radius 3 is 2.68 bits per heavy atom. The predicted octanol–water partition coefficient (Wildman–Crippen LogP) is 3.70. The van der Waals surface area contributed by atoms with Crippen molar-refractivity contribution in [1.29, 1.82) is 0 Å². The molecule has 0 bridgehead atoms. The summed E-state index contributed by atoms with van der Waals surface area (Å²) in [4.78, 5) is 4.59. The predicted molar refractivity (Wildman–Crippen MR) is 77.8 cm³/mol. The first-order valence-corrected chi connectivity index (χ1v) is 6.86. The Hall–Kier alpha value is -1.68. The van der Waals surface area contributed by atoms with Crippen LogP contribution in [0.3, 0.4) is 0 Å². The summed E-state index contributed by atoms with van der Waals surface area (Å²) in [5.74, 6) is 0.653. The number of benzene rings is 1. The summed E-state index contributed by atoms with van der Waals surface area (Å²) in [5, 5.41) is 0. The van der Waals surface area contributed by atoms with Crippen LogP contribution in [-0.2, 0) is 7.05 Å². The first-order valence-electron chi connectivity index (χ1n) is 6.07. The zero-order chi connectivity index (χ0) is 13.6. The standard InChI is InChI=1S/C15H14BrN2O/c1-9-4-10(2)14-13(5-9)17-15(19-14)11-6-12(16)8-18(3)7-11/h4-8H,1-3H3/q+1. The van der Waals surface area contributed by atoms with Crippen molar-refractivity contribution in [2.75, 3.05) is 0 Å². The van der Waals surface area contributed by atoms with E-state index in [-0.39, 0.29) is 0 Å². The van der Waals surface area contributed by atoms with Crippen LogP contribution in [0.1, 0.15) is 11.1 Å². The van der Waals surface area contributed by atoms with Crippen molar-refractivity contribution in [1.82, 2.24) is 4.98 Å². The lowest BCUT2D eigenvalue weighted by Gasteiger charge is -1.95. The highest BCUT2D eigenvalue weighted by atomic mass is 79.9. The molecule has 3 aromatic rings. The van der Waals surface area contributed by atoms with Crippen LogP contribution in [0.4, 0.5) is 0 Å². The molecule has 19 heavy (non-hydrogen) atoms. The van der Waals surface area contributed by atoms with Gasteiger partial charge in [-0.1, -0.05) is 6.07 Å². The maximum atomic E-state index is 5.90. The summed E-state index contributed by atoms with van der Waals surface area (Å²) >= 11 is 3.49. The molecule has 0 spiro atoms. The zero-order valence-corrected chi connectivity index (χ0v) is 12.7. The van der Waals surface area contributed by atoms with Crippen LogP contribution >= 0.6 is 15.9 Å². The van der Waals surface area contributed by atoms with Gasteiger partial charge in [0.15, 0.2) is 18.0 Å². The third-order valence-electron chi connectivity index (χ3n) is 3.03. The second-order valence-corrected chi connectivity index (χ2v) is 5.77. The van der Waals surface area contributed by atoms with Gasteiger partial charge < -0.3 is 4.42 Å². The van der Waals surface area contributed by atoms with Crippen LogP contribution in [0.15, 0.2) is 39.5 Å². The van der Waals surface area contributed by atoms with Crippen LogP contribution in [0.2, 0.25) is 0 Å². The molecule has 2 heterocycles. The van der Waals surface area contributed by atoms with Crippen LogP contribution in [0.25, 0.3) is 22.6 Å². The lowest BCUT2D eigenvalue weighted by atomic mass is 10.1. The number of aryl methyl sites for hydroxylation is 3. The van der Waals surface area contributed by atoms with E-state index in [0.717, 1.165) is 26.7 Å². The molecular weight excluding hydrogens is 304 g/mol. The number of aromatic nitrogens is 2. The topological polar surface area (TPSA) is 29.9 Å². The molecule has 0 N–H and O–H groups in total. The van der Waals surface area contributed by atoms with Crippen molar-refractivity contribution < 1.29 is 8.98 Å². The molecule has 0 aliphatic heterocycles. The highest BCUT2D eigenvalue weighted by Crippen LogP contribution is 2.27. The van der Waals surface area contributed by atoms with E-state index in [0.29, 0.717) is 5.89 Å². The van der Waals surface area contributed by atoms with Crippen LogP contribution < -0.4 is 4.57 Å². The van der Waals surface area contributed by atoms with Gasteiger partial charge >= 0.3 is 0 Å². The van der Waals surface area contributed by atoms with E-state index in [9.17, 15) is 0 Å². The molecule has 4 heteroatoms. The van der Waals surface area contributed by atoms with Gasteiger partial charge in [0.05, 0.1) is 4.47 Å². The SMILES string of the molecule is Cc1cc(C)c2oc(-c3cc(Br)c[n+](C)c3)nc2c1. The van der Waals surface area contributed by atoms with Crippen molar-refractivity contribution in [3.8, 4) is 11.5 Å². The highest BCUT2D eigenvalue weighted by Gasteiger charge is 2.14. The Kier molecular flexibility index (Phi) is 2.90. The van der Waals surface area contributed by atoms with E-state index in [1.807, 2.05) is 43.1 Å². The minimum absolute atomic E-state index is 0.653. The average molecular weight is 318 g/mol. The first-order chi connectivity index (χ1) is 9.02. The van der Waals surface area contributed by atoms with Crippen LogP contribution in [-0.4, -0.2) is 4.98 Å². The van der Waals surface area contributed by atoms with Gasteiger partial charge in [0.1, 0.15) is 18.1 Å². The fourth-order valence-electron chi connectivity index (χ4n) is 2.29. The first kappa shape index (κ1) is 12.4. The quantitative estimate of drug-likeness (QED) is 0.640. The van der Waals surface area contributed by atoms with Gasteiger partial charge in [0.2, 0.25) is 5.89 Å². The number of pyridine rings is 1. The third kappa shape index (κ3) is 2.28. The molecule has 0 radical (unpaired) electrons. The lowest BCUT2D eigenvalue weighted by molar-refractivity contribution is -0.671. The molecule has 0 saturated heterocycles. The Morgan fingerprint density at radius 1 is 1.16 bits per heavy atom. The number of hydrogen-bond donors (Lipinski definition) is 0. The largest absolute Gasteiger partial charge is 0.436 e. The van der Waals surface area contributed by atoms with Crippen molar-refractivity contribution >= 4 is 27.0 Å². The second kappa shape index (κ2) is 4.46. The molecule has 3 rings (SSSR count). The number of rotatable bonds is 1. The van der Waals surface area contributed by atoms with E-state index >= 15 is 0 Å². The third-order valence-corrected chi connectivity index (χ3v) is 3.46. The Bertz CT molecular complexity index is 757. The summed E-state index contributed by atoms with van der Waals surface area (Å²) in [6.45, 7) is 4.12. The fourth-order valence-corrected chi connectivity index (χ4v) is 2.86. The minimum atomic E-state index is 0.653. The smallest absolute Gasteiger partial charge is 0.233 e. The molecule has 0 atom stereocenters. The summed E-state index contributed by atoms with van der Waals surface area (Å²) in [5.41, 5.74) is 5.06. The fraction of sp³-hybridized carbons (Fsp3) is 0.200. The summed E-state index contributed by atoms with van der Waals surface area (Å²) in [7, 11) is 1.98. The van der Waals surface area contributed by atoms with Crippen LogP contribution in [0.5, 0.6) is 0 Å². The molecule has 0 unspecified atom stereocenters. The van der Waals surface area contributed by atoms with Crippen molar-refractivity contribution in [3.63, 3.8) is 0 Å². The molecule has 0 saturated carbocycles. The molecule has 2 aromatic heterocycles. The average Bonchev–Trinajstić information content (AvgIpc) is 2.71. The van der Waals surface area contributed by atoms with E-state index in [1.54, 1.807) is 0 Å². The Labute approximate surface area is 120 Å². The van der Waals surface area contributed by atoms with Crippen LogP contribution in [0, 0.1) is 13.8 Å². The molecule has 0 aliphatic carbocycles. The van der Waals surface area contributed by atoms with Crippen molar-refractivity contribution in [2.45, 2.75) is 13.8 Å². The Balaban J connectivity index is 2.23. The van der Waals surface area contributed by atoms with E-state index in [2.05, 4.69) is 33.9 Å². The normalized spacial score (nSPS) is 11.2. The van der Waals surface area contributed by atoms with E-state index < -0.39 is 0 Å². The molecule has 0 amide bonds. The van der Waals surface area contributed by atoms with E-state index in [4.69, 9.17) is 4.42 Å². The van der Waals surface area contributed by atoms with Gasteiger partial charge in [-0.2, -0.15) is 0 Å². The van der Waals surface area contributed by atoms with Crippen molar-refractivity contribution in [2.24, 2.45) is 7.05 Å². The summed E-state index contributed by atoms with van der Waals surface area (Å²) < 4.78 is 8.89. The molecule has 3 nitrogen and oxygen atoms in total. The minimum Gasteiger partial charge on any atom is -0.436 e. The maximum Gasteiger partial charge on any atom is 0.233 e. The molecule has 0 aliphatic rings. The molecule has 1 aromatic carbocycles. The van der Waals surface area contributed by atoms with Gasteiger partial charge in [0.25, 0.3) is 0 Å². The van der Waals surface area contributed by atoms with E-state index in [1.165, 1.54) is 5.56 Å². The Morgan fingerprint density at radius 2 is 1.95 bits per heavy atom. The van der Waals surface area contributed by atoms with Crippen molar-refractivity contribution in [3.05, 3.63) is 46.2 Å². The summed E-state index contributed by atoms with van der Waals surface area (Å²) in [6, 6.07) is 6.17. The molecule has 0 fully saturated rings. The number of hydrogen-bond acceptors (Lipinski definition) is 2. The number of halogens is 1. The number of oxazole rings is 1. The lowest BCUT2D eigenvalue weighted by Crippen LogP contribution is -2.26. The van der Waals surface area contributed by atoms with Gasteiger partial charge in [0, 0.05) is 0 Å². The van der Waals surface area contributed by atoms with Gasteiger partial charge in [-0.25, -0.2) is 9.55 Å².